The maximum absolute atomic E-state index is 12.0. The van der Waals surface area contributed by atoms with Gasteiger partial charge in [-0.1, -0.05) is 36.6 Å². The molecule has 1 aromatic carbocycles. The molecule has 1 amide bonds. The van der Waals surface area contributed by atoms with Crippen molar-refractivity contribution in [3.05, 3.63) is 35.8 Å². The maximum Gasteiger partial charge on any atom is 0.237 e. The van der Waals surface area contributed by atoms with E-state index in [4.69, 9.17) is 18.3 Å². The molecule has 0 fully saturated rings. The smallest absolute Gasteiger partial charge is 0.237 e. The Morgan fingerprint density at radius 2 is 2.05 bits per heavy atom. The number of nitrogens with two attached hydrogens (primary N) is 2. The van der Waals surface area contributed by atoms with Crippen LogP contribution in [0.25, 0.3) is 0 Å². The van der Waals surface area contributed by atoms with Crippen LogP contribution in [0.15, 0.2) is 30.2 Å². The Bertz CT molecular complexity index is 568. The van der Waals surface area contributed by atoms with Crippen LogP contribution in [0.4, 0.5) is 0 Å². The third-order valence-corrected chi connectivity index (χ3v) is 2.76. The first kappa shape index (κ1) is 9.50. The summed E-state index contributed by atoms with van der Waals surface area (Å²) in [6.07, 6.45) is 2.24. The summed E-state index contributed by atoms with van der Waals surface area (Å²) >= 11 is 0. The molecule has 0 saturated carbocycles. The van der Waals surface area contributed by atoms with Crippen LogP contribution < -0.4 is 16.8 Å². The van der Waals surface area contributed by atoms with E-state index in [1.807, 2.05) is 0 Å². The van der Waals surface area contributed by atoms with E-state index in [2.05, 4.69) is 5.32 Å². The largest absolute Gasteiger partial charge is 0.352 e. The average Bonchev–Trinajstić information content (AvgIpc) is 2.55. The van der Waals surface area contributed by atoms with Crippen molar-refractivity contribution in [3.63, 3.8) is 0 Å². The number of benzene rings is 1. The second kappa shape index (κ2) is 8.67. The number of amides is 1. The van der Waals surface area contributed by atoms with Gasteiger partial charge in [0.15, 0.2) is 0 Å². The van der Waals surface area contributed by atoms with Gasteiger partial charge in [-0.2, -0.15) is 0 Å². The molecule has 1 rings (SSSR count). The van der Waals surface area contributed by atoms with E-state index in [9.17, 15) is 4.79 Å². The highest BCUT2D eigenvalue weighted by atomic mass is 16.2. The standard InChI is InChI=1S/C15H25N3O/c1-12(11-13-7-3-2-4-8-13)18-15(19)14(17)9-5-6-10-16/h2-4,7-8,12,14H,5-6,9-11,16-17H2,1H3,(H,18,19)/t12-,14-/m0/s1/i2D,3D,4D,7D,8D. The molecule has 4 heteroatoms. The summed E-state index contributed by atoms with van der Waals surface area (Å²) in [5.41, 5.74) is 11.4. The summed E-state index contributed by atoms with van der Waals surface area (Å²) < 4.78 is 38.7. The maximum atomic E-state index is 12.0. The highest BCUT2D eigenvalue weighted by Gasteiger charge is 2.15. The molecule has 106 valence electrons. The highest BCUT2D eigenvalue weighted by molar-refractivity contribution is 5.81. The first-order valence-corrected chi connectivity index (χ1v) is 6.52. The van der Waals surface area contributed by atoms with Crippen molar-refractivity contribution in [2.24, 2.45) is 11.5 Å². The van der Waals surface area contributed by atoms with Gasteiger partial charge < -0.3 is 16.8 Å². The van der Waals surface area contributed by atoms with Gasteiger partial charge in [-0.15, -0.1) is 0 Å². The van der Waals surface area contributed by atoms with E-state index >= 15 is 0 Å². The summed E-state index contributed by atoms with van der Waals surface area (Å²) in [6, 6.07) is -2.69. The molecule has 2 atom stereocenters. The molecule has 19 heavy (non-hydrogen) atoms. The third-order valence-electron chi connectivity index (χ3n) is 2.76. The Balaban J connectivity index is 2.75. The van der Waals surface area contributed by atoms with Crippen molar-refractivity contribution in [2.45, 2.75) is 44.7 Å². The predicted octanol–water partition coefficient (Wildman–Crippen LogP) is 1.19. The van der Waals surface area contributed by atoms with E-state index < -0.39 is 18.1 Å². The van der Waals surface area contributed by atoms with Crippen LogP contribution >= 0.6 is 0 Å². The fraction of sp³-hybridized carbons (Fsp3) is 0.533. The monoisotopic (exact) mass is 268 g/mol. The fourth-order valence-corrected chi connectivity index (χ4v) is 1.72. The highest BCUT2D eigenvalue weighted by Crippen LogP contribution is 2.04. The zero-order valence-electron chi connectivity index (χ0n) is 16.3. The van der Waals surface area contributed by atoms with Crippen molar-refractivity contribution in [2.75, 3.05) is 6.54 Å². The minimum absolute atomic E-state index is 0.136. The van der Waals surface area contributed by atoms with E-state index in [1.54, 1.807) is 6.92 Å². The lowest BCUT2D eigenvalue weighted by Crippen LogP contribution is -2.45. The molecular weight excluding hydrogens is 238 g/mol. The summed E-state index contributed by atoms with van der Waals surface area (Å²) in [4.78, 5) is 12.0. The summed E-state index contributed by atoms with van der Waals surface area (Å²) in [5.74, 6) is -0.313. The van der Waals surface area contributed by atoms with Crippen molar-refractivity contribution in [3.8, 4) is 0 Å². The summed E-state index contributed by atoms with van der Waals surface area (Å²) in [5, 5.41) is 2.73. The van der Waals surface area contributed by atoms with Gasteiger partial charge in [-0.05, 0) is 38.3 Å². The summed E-state index contributed by atoms with van der Waals surface area (Å²) in [6.45, 7) is 2.27. The van der Waals surface area contributed by atoms with Crippen LogP contribution in [-0.2, 0) is 11.2 Å². The number of carbonyl (C=O) groups is 1. The molecule has 0 bridgehead atoms. The van der Waals surface area contributed by atoms with Crippen LogP contribution in [0, 0.1) is 0 Å². The molecule has 0 aliphatic rings. The molecule has 0 unspecified atom stereocenters. The van der Waals surface area contributed by atoms with Crippen LogP contribution in [0.3, 0.4) is 0 Å². The molecule has 5 N–H and O–H groups in total. The molecule has 0 heterocycles. The number of hydrogen-bond acceptors (Lipinski definition) is 3. The lowest BCUT2D eigenvalue weighted by molar-refractivity contribution is -0.123. The molecular formula is C15H25N3O. The molecule has 0 aliphatic heterocycles. The van der Waals surface area contributed by atoms with E-state index in [0.29, 0.717) is 13.0 Å². The van der Waals surface area contributed by atoms with E-state index in [0.717, 1.165) is 12.8 Å². The number of rotatable bonds is 8. The predicted molar refractivity (Wildman–Crippen MR) is 78.6 cm³/mol. The van der Waals surface area contributed by atoms with Crippen molar-refractivity contribution in [1.82, 2.24) is 5.32 Å². The molecule has 1 aromatic rings. The Hall–Kier alpha value is -1.39. The van der Waals surface area contributed by atoms with Crippen LogP contribution in [0.1, 0.15) is 38.6 Å². The van der Waals surface area contributed by atoms with Crippen LogP contribution in [0.2, 0.25) is 0 Å². The zero-order valence-corrected chi connectivity index (χ0v) is 11.3. The molecule has 4 nitrogen and oxygen atoms in total. The average molecular weight is 268 g/mol. The van der Waals surface area contributed by atoms with Gasteiger partial charge in [0.2, 0.25) is 5.91 Å². The Kier molecular flexibility index (Phi) is 4.34. The van der Waals surface area contributed by atoms with Crippen molar-refractivity contribution >= 4 is 5.91 Å². The van der Waals surface area contributed by atoms with Crippen LogP contribution in [0.5, 0.6) is 0 Å². The lowest BCUT2D eigenvalue weighted by Gasteiger charge is -2.17. The Labute approximate surface area is 122 Å². The van der Waals surface area contributed by atoms with Gasteiger partial charge in [0.05, 0.1) is 12.9 Å². The number of unbranched alkanes of at least 4 members (excludes halogenated alkanes) is 1. The molecule has 0 spiro atoms. The van der Waals surface area contributed by atoms with Crippen LogP contribution in [-0.4, -0.2) is 24.5 Å². The Morgan fingerprint density at radius 3 is 2.68 bits per heavy atom. The topological polar surface area (TPSA) is 81.1 Å². The molecule has 0 radical (unpaired) electrons. The van der Waals surface area contributed by atoms with E-state index in [1.165, 1.54) is 0 Å². The normalized spacial score (nSPS) is 17.5. The van der Waals surface area contributed by atoms with Gasteiger partial charge in [0, 0.05) is 6.04 Å². The Morgan fingerprint density at radius 1 is 1.37 bits per heavy atom. The molecule has 0 saturated heterocycles. The van der Waals surface area contributed by atoms with Gasteiger partial charge in [-0.25, -0.2) is 0 Å². The quantitative estimate of drug-likeness (QED) is 0.619. The lowest BCUT2D eigenvalue weighted by atomic mass is 10.1. The minimum atomic E-state index is -0.640. The minimum Gasteiger partial charge on any atom is -0.352 e. The fourth-order valence-electron chi connectivity index (χ4n) is 1.72. The number of hydrogen-bond donors (Lipinski definition) is 3. The first-order valence-electron chi connectivity index (χ1n) is 9.02. The second-order valence-electron chi connectivity index (χ2n) is 4.61. The second-order valence-corrected chi connectivity index (χ2v) is 4.61. The molecule has 0 aliphatic carbocycles. The van der Waals surface area contributed by atoms with Gasteiger partial charge >= 0.3 is 0 Å². The third kappa shape index (κ3) is 6.36. The van der Waals surface area contributed by atoms with E-state index in [-0.39, 0.29) is 42.1 Å². The molecule has 0 aromatic heterocycles. The SMILES string of the molecule is [2H]c1c([2H])c([2H])c(C[C@H](C)NC(=O)[C@@H](N)CCCCN)c([2H])c1[2H]. The zero-order chi connectivity index (χ0) is 18.4. The van der Waals surface area contributed by atoms with Gasteiger partial charge in [0.1, 0.15) is 0 Å². The number of nitrogens with one attached hydrogen (secondary N) is 1. The van der Waals surface area contributed by atoms with Gasteiger partial charge in [-0.3, -0.25) is 4.79 Å². The van der Waals surface area contributed by atoms with Crippen molar-refractivity contribution in [1.29, 1.82) is 0 Å². The first-order chi connectivity index (χ1) is 11.2. The van der Waals surface area contributed by atoms with Crippen molar-refractivity contribution < 1.29 is 11.6 Å². The summed E-state index contributed by atoms with van der Waals surface area (Å²) in [7, 11) is 0. The number of carbonyl (C=O) groups excluding carboxylic acids is 1. The van der Waals surface area contributed by atoms with Gasteiger partial charge in [0.25, 0.3) is 0 Å².